The molecule has 1 unspecified atom stereocenters. The van der Waals surface area contributed by atoms with Crippen molar-refractivity contribution in [1.82, 2.24) is 10.6 Å². The fraction of sp³-hybridized carbons (Fsp3) is 0.600. The molecule has 5 heteroatoms. The minimum Gasteiger partial charge on any atom is -0.481 e. The van der Waals surface area contributed by atoms with Gasteiger partial charge < -0.3 is 15.7 Å². The Labute approximate surface area is 88.5 Å². The van der Waals surface area contributed by atoms with Gasteiger partial charge in [-0.2, -0.15) is 0 Å². The smallest absolute Gasteiger partial charge is 0.308 e. The van der Waals surface area contributed by atoms with Crippen molar-refractivity contribution < 1.29 is 14.7 Å². The van der Waals surface area contributed by atoms with E-state index >= 15 is 0 Å². The molecule has 0 aromatic heterocycles. The molecule has 84 valence electrons. The molecule has 15 heavy (non-hydrogen) atoms. The Kier molecular flexibility index (Phi) is 3.85. The number of carbonyl (C=O) groups is 2. The molecule has 0 spiro atoms. The number of carbonyl (C=O) groups excluding carboxylic acids is 1. The summed E-state index contributed by atoms with van der Waals surface area (Å²) in [5.74, 6) is -1.61. The van der Waals surface area contributed by atoms with Crippen LogP contribution in [-0.2, 0) is 9.59 Å². The number of carboxylic acids is 1. The highest BCUT2D eigenvalue weighted by Crippen LogP contribution is 2.08. The summed E-state index contributed by atoms with van der Waals surface area (Å²) in [6.07, 6.45) is 0. The van der Waals surface area contributed by atoms with E-state index in [1.54, 1.807) is 13.8 Å². The Balaban J connectivity index is 2.39. The van der Waals surface area contributed by atoms with Gasteiger partial charge in [0.25, 0.3) is 0 Å². The van der Waals surface area contributed by atoms with Crippen molar-refractivity contribution in [2.45, 2.75) is 13.8 Å². The molecule has 1 aliphatic heterocycles. The molecule has 0 aliphatic carbocycles. The van der Waals surface area contributed by atoms with Crippen LogP contribution in [0.15, 0.2) is 11.1 Å². The van der Waals surface area contributed by atoms with Crippen LogP contribution < -0.4 is 10.6 Å². The normalized spacial score (nSPS) is 16.5. The molecule has 1 saturated heterocycles. The van der Waals surface area contributed by atoms with Crippen LogP contribution in [0.3, 0.4) is 0 Å². The monoisotopic (exact) mass is 212 g/mol. The third-order valence-electron chi connectivity index (χ3n) is 2.54. The summed E-state index contributed by atoms with van der Waals surface area (Å²) < 4.78 is 0. The molecule has 1 fully saturated rings. The van der Waals surface area contributed by atoms with Gasteiger partial charge in [0.15, 0.2) is 0 Å². The second kappa shape index (κ2) is 4.93. The summed E-state index contributed by atoms with van der Waals surface area (Å²) in [7, 11) is 0. The van der Waals surface area contributed by atoms with Gasteiger partial charge in [-0.25, -0.2) is 0 Å². The van der Waals surface area contributed by atoms with Crippen molar-refractivity contribution in [1.29, 1.82) is 0 Å². The first-order valence-corrected chi connectivity index (χ1v) is 4.92. The van der Waals surface area contributed by atoms with Gasteiger partial charge in [0.2, 0.25) is 5.91 Å². The maximum Gasteiger partial charge on any atom is 0.308 e. The van der Waals surface area contributed by atoms with Crippen LogP contribution in [0.5, 0.6) is 0 Å². The molecule has 1 heterocycles. The summed E-state index contributed by atoms with van der Waals surface area (Å²) in [5, 5.41) is 14.3. The van der Waals surface area contributed by atoms with Crippen LogP contribution in [0.1, 0.15) is 13.8 Å². The Bertz CT molecular complexity index is 304. The highest BCUT2D eigenvalue weighted by Gasteiger charge is 2.17. The van der Waals surface area contributed by atoms with E-state index in [-0.39, 0.29) is 12.5 Å². The van der Waals surface area contributed by atoms with Crippen LogP contribution >= 0.6 is 0 Å². The number of amides is 1. The fourth-order valence-electron chi connectivity index (χ4n) is 1.14. The number of rotatable bonds is 4. The lowest BCUT2D eigenvalue weighted by atomic mass is 10.0. The van der Waals surface area contributed by atoms with E-state index in [1.165, 1.54) is 0 Å². The standard InChI is InChI=1S/C10H16N2O3/c1-6(10(14)15)3-12-9(13)7(2)8-4-11-5-8/h6,11H,3-5H2,1-2H3,(H,12,13)(H,14,15). The Morgan fingerprint density at radius 2 is 2.13 bits per heavy atom. The Hall–Kier alpha value is -1.36. The maximum absolute atomic E-state index is 11.5. The first-order chi connectivity index (χ1) is 7.02. The fourth-order valence-corrected chi connectivity index (χ4v) is 1.14. The lowest BCUT2D eigenvalue weighted by Crippen LogP contribution is -2.38. The summed E-state index contributed by atoms with van der Waals surface area (Å²) in [5.41, 5.74) is 1.79. The van der Waals surface area contributed by atoms with Gasteiger partial charge in [0.05, 0.1) is 5.92 Å². The SMILES string of the molecule is CC(C(=O)NCC(C)C(=O)O)=C1CNC1. The van der Waals surface area contributed by atoms with E-state index in [0.717, 1.165) is 18.7 Å². The molecule has 0 aromatic rings. The van der Waals surface area contributed by atoms with Gasteiger partial charge in [0, 0.05) is 25.2 Å². The molecule has 0 saturated carbocycles. The van der Waals surface area contributed by atoms with Gasteiger partial charge in [0.1, 0.15) is 0 Å². The molecule has 0 radical (unpaired) electrons. The van der Waals surface area contributed by atoms with Gasteiger partial charge in [-0.15, -0.1) is 0 Å². The molecule has 1 rings (SSSR count). The summed E-state index contributed by atoms with van der Waals surface area (Å²) in [4.78, 5) is 22.0. The third kappa shape index (κ3) is 3.06. The highest BCUT2D eigenvalue weighted by atomic mass is 16.4. The van der Waals surface area contributed by atoms with Crippen LogP contribution in [0.25, 0.3) is 0 Å². The molecule has 0 aromatic carbocycles. The molecular formula is C10H16N2O3. The van der Waals surface area contributed by atoms with Crippen molar-refractivity contribution in [3.63, 3.8) is 0 Å². The van der Waals surface area contributed by atoms with Crippen LogP contribution in [-0.4, -0.2) is 36.6 Å². The van der Waals surface area contributed by atoms with Gasteiger partial charge in [-0.05, 0) is 12.5 Å². The van der Waals surface area contributed by atoms with E-state index < -0.39 is 11.9 Å². The predicted molar refractivity (Wildman–Crippen MR) is 55.4 cm³/mol. The minimum absolute atomic E-state index is 0.167. The lowest BCUT2D eigenvalue weighted by Gasteiger charge is -2.21. The zero-order chi connectivity index (χ0) is 11.4. The minimum atomic E-state index is -0.897. The quantitative estimate of drug-likeness (QED) is 0.561. The summed E-state index contributed by atoms with van der Waals surface area (Å²) in [6, 6.07) is 0. The van der Waals surface area contributed by atoms with Crippen LogP contribution in [0.4, 0.5) is 0 Å². The molecule has 1 atom stereocenters. The number of aliphatic carboxylic acids is 1. The Morgan fingerprint density at radius 3 is 2.53 bits per heavy atom. The third-order valence-corrected chi connectivity index (χ3v) is 2.54. The number of carboxylic acid groups (broad SMARTS) is 1. The van der Waals surface area contributed by atoms with Crippen molar-refractivity contribution in [2.24, 2.45) is 5.92 Å². The van der Waals surface area contributed by atoms with Crippen molar-refractivity contribution in [2.75, 3.05) is 19.6 Å². The van der Waals surface area contributed by atoms with Crippen molar-refractivity contribution in [3.8, 4) is 0 Å². The average molecular weight is 212 g/mol. The number of hydrogen-bond acceptors (Lipinski definition) is 3. The van der Waals surface area contributed by atoms with Crippen molar-refractivity contribution >= 4 is 11.9 Å². The lowest BCUT2D eigenvalue weighted by molar-refractivity contribution is -0.141. The molecule has 5 nitrogen and oxygen atoms in total. The zero-order valence-corrected chi connectivity index (χ0v) is 8.96. The molecule has 1 aliphatic rings. The van der Waals surface area contributed by atoms with E-state index in [9.17, 15) is 9.59 Å². The zero-order valence-electron chi connectivity index (χ0n) is 8.96. The summed E-state index contributed by atoms with van der Waals surface area (Å²) >= 11 is 0. The maximum atomic E-state index is 11.5. The molecular weight excluding hydrogens is 196 g/mol. The molecule has 0 bridgehead atoms. The number of hydrogen-bond donors (Lipinski definition) is 3. The second-order valence-corrected chi connectivity index (χ2v) is 3.78. The highest BCUT2D eigenvalue weighted by molar-refractivity contribution is 5.94. The molecule has 1 amide bonds. The Morgan fingerprint density at radius 1 is 1.53 bits per heavy atom. The average Bonchev–Trinajstić information content (AvgIpc) is 2.10. The van der Waals surface area contributed by atoms with Gasteiger partial charge in [-0.3, -0.25) is 9.59 Å². The first-order valence-electron chi connectivity index (χ1n) is 4.92. The topological polar surface area (TPSA) is 78.4 Å². The van der Waals surface area contributed by atoms with E-state index in [4.69, 9.17) is 5.11 Å². The van der Waals surface area contributed by atoms with Gasteiger partial charge >= 0.3 is 5.97 Å². The second-order valence-electron chi connectivity index (χ2n) is 3.78. The van der Waals surface area contributed by atoms with Crippen molar-refractivity contribution in [3.05, 3.63) is 11.1 Å². The number of nitrogens with one attached hydrogen (secondary N) is 2. The van der Waals surface area contributed by atoms with E-state index in [2.05, 4.69) is 10.6 Å². The van der Waals surface area contributed by atoms with Crippen LogP contribution in [0.2, 0.25) is 0 Å². The van der Waals surface area contributed by atoms with E-state index in [0.29, 0.717) is 5.57 Å². The van der Waals surface area contributed by atoms with Crippen LogP contribution in [0, 0.1) is 5.92 Å². The first kappa shape index (κ1) is 11.7. The summed E-state index contributed by atoms with van der Waals surface area (Å²) in [6.45, 7) is 5.01. The predicted octanol–water partition coefficient (Wildman–Crippen LogP) is -0.257. The molecule has 3 N–H and O–H groups in total. The van der Waals surface area contributed by atoms with Gasteiger partial charge in [-0.1, -0.05) is 6.92 Å². The van der Waals surface area contributed by atoms with E-state index in [1.807, 2.05) is 0 Å². The largest absolute Gasteiger partial charge is 0.481 e.